The van der Waals surface area contributed by atoms with E-state index in [1.54, 1.807) is 7.11 Å². The van der Waals surface area contributed by atoms with E-state index in [9.17, 15) is 5.11 Å². The van der Waals surface area contributed by atoms with Crippen LogP contribution in [-0.4, -0.2) is 41.2 Å². The third kappa shape index (κ3) is 3.01. The van der Waals surface area contributed by atoms with Crippen molar-refractivity contribution in [1.82, 2.24) is 9.88 Å². The number of hydrogen-bond acceptors (Lipinski definition) is 4. The maximum atomic E-state index is 11.2. The molecule has 25 heavy (non-hydrogen) atoms. The Kier molecular flexibility index (Phi) is 4.61. The molecular weight excluding hydrogens is 336 g/mol. The van der Waals surface area contributed by atoms with E-state index < -0.39 is 6.10 Å². The van der Waals surface area contributed by atoms with Crippen LogP contribution in [0.25, 0.3) is 10.9 Å². The molecule has 1 aromatic carbocycles. The van der Waals surface area contributed by atoms with E-state index in [1.807, 2.05) is 24.3 Å². The third-order valence-corrected chi connectivity index (χ3v) is 6.35. The van der Waals surface area contributed by atoms with Crippen LogP contribution in [0.1, 0.15) is 37.9 Å². The molecule has 3 aliphatic rings. The minimum atomic E-state index is -0.560. The molecule has 0 saturated carbocycles. The number of ether oxygens (including phenoxy) is 1. The molecule has 3 saturated heterocycles. The van der Waals surface area contributed by atoms with Crippen LogP contribution in [0, 0.1) is 11.8 Å². The van der Waals surface area contributed by atoms with Crippen LogP contribution in [0.5, 0.6) is 5.75 Å². The summed E-state index contributed by atoms with van der Waals surface area (Å²) in [5.41, 5.74) is 1.66. The van der Waals surface area contributed by atoms with Gasteiger partial charge in [-0.15, -0.1) is 0 Å². The Bertz CT molecular complexity index is 782. The molecule has 5 rings (SSSR count). The maximum absolute atomic E-state index is 11.2. The standard InChI is InChI=1S/C20H25ClN2O2/c1-3-12-11-23-7-6-13(12)8-18(23)20(24)16-10-19(21)22-17-5-4-14(25-2)9-15(16)17/h4-5,9-10,12-13,18,20,24H,3,6-8,11H2,1-2H3/t12-,13-,18?,20-/m0/s1. The second kappa shape index (κ2) is 6.75. The van der Waals surface area contributed by atoms with Gasteiger partial charge in [0, 0.05) is 18.0 Å². The molecule has 4 heterocycles. The average molecular weight is 361 g/mol. The Morgan fingerprint density at radius 2 is 2.24 bits per heavy atom. The first-order valence-electron chi connectivity index (χ1n) is 9.17. The Balaban J connectivity index is 1.71. The van der Waals surface area contributed by atoms with Gasteiger partial charge in [-0.3, -0.25) is 4.90 Å². The Morgan fingerprint density at radius 3 is 2.92 bits per heavy atom. The van der Waals surface area contributed by atoms with Crippen molar-refractivity contribution in [2.45, 2.75) is 38.3 Å². The van der Waals surface area contributed by atoms with Crippen molar-refractivity contribution < 1.29 is 9.84 Å². The first kappa shape index (κ1) is 17.1. The number of piperidine rings is 3. The molecule has 134 valence electrons. The Hall–Kier alpha value is -1.36. The molecule has 4 nitrogen and oxygen atoms in total. The van der Waals surface area contributed by atoms with E-state index in [2.05, 4.69) is 16.8 Å². The number of benzene rings is 1. The van der Waals surface area contributed by atoms with Gasteiger partial charge in [0.05, 0.1) is 18.7 Å². The van der Waals surface area contributed by atoms with E-state index in [1.165, 1.54) is 12.8 Å². The van der Waals surface area contributed by atoms with Gasteiger partial charge >= 0.3 is 0 Å². The predicted octanol–water partition coefficient (Wildman–Crippen LogP) is 4.05. The number of nitrogens with zero attached hydrogens (tertiary/aromatic N) is 2. The minimum absolute atomic E-state index is 0.161. The monoisotopic (exact) mass is 360 g/mol. The van der Waals surface area contributed by atoms with Gasteiger partial charge in [0.1, 0.15) is 10.9 Å². The SMILES string of the molecule is CC[C@H]1CN2CC[C@H]1CC2[C@@H](O)c1cc(Cl)nc2ccc(OC)cc12. The first-order valence-corrected chi connectivity index (χ1v) is 9.54. The molecule has 3 fully saturated rings. The van der Waals surface area contributed by atoms with Crippen LogP contribution in [0.4, 0.5) is 0 Å². The highest BCUT2D eigenvalue weighted by atomic mass is 35.5. The summed E-state index contributed by atoms with van der Waals surface area (Å²) >= 11 is 6.24. The van der Waals surface area contributed by atoms with E-state index in [4.69, 9.17) is 16.3 Å². The molecule has 0 spiro atoms. The fourth-order valence-electron chi connectivity index (χ4n) is 4.75. The quantitative estimate of drug-likeness (QED) is 0.835. The van der Waals surface area contributed by atoms with Crippen molar-refractivity contribution in [2.75, 3.05) is 20.2 Å². The molecule has 0 radical (unpaired) electrons. The van der Waals surface area contributed by atoms with Crippen molar-refractivity contribution >= 4 is 22.5 Å². The van der Waals surface area contributed by atoms with E-state index >= 15 is 0 Å². The van der Waals surface area contributed by atoms with Gasteiger partial charge in [0.2, 0.25) is 0 Å². The van der Waals surface area contributed by atoms with E-state index in [0.29, 0.717) is 5.15 Å². The third-order valence-electron chi connectivity index (χ3n) is 6.16. The Morgan fingerprint density at radius 1 is 1.40 bits per heavy atom. The number of methoxy groups -OCH3 is 1. The molecule has 5 heteroatoms. The van der Waals surface area contributed by atoms with Crippen LogP contribution >= 0.6 is 11.6 Å². The lowest BCUT2D eigenvalue weighted by Gasteiger charge is -2.51. The zero-order valence-corrected chi connectivity index (χ0v) is 15.5. The lowest BCUT2D eigenvalue weighted by atomic mass is 9.72. The maximum Gasteiger partial charge on any atom is 0.130 e. The van der Waals surface area contributed by atoms with Crippen LogP contribution in [0.3, 0.4) is 0 Å². The van der Waals surface area contributed by atoms with Crippen LogP contribution in [0.15, 0.2) is 24.3 Å². The van der Waals surface area contributed by atoms with Crippen molar-refractivity contribution in [2.24, 2.45) is 11.8 Å². The second-order valence-electron chi connectivity index (χ2n) is 7.38. The number of aliphatic hydroxyl groups excluding tert-OH is 1. The van der Waals surface area contributed by atoms with Crippen molar-refractivity contribution in [3.8, 4) is 5.75 Å². The molecule has 0 aliphatic carbocycles. The van der Waals surface area contributed by atoms with E-state index in [0.717, 1.165) is 53.6 Å². The van der Waals surface area contributed by atoms with Crippen molar-refractivity contribution in [3.63, 3.8) is 0 Å². The van der Waals surface area contributed by atoms with Gasteiger partial charge in [-0.05, 0) is 61.1 Å². The minimum Gasteiger partial charge on any atom is -0.497 e. The number of pyridine rings is 1. The lowest BCUT2D eigenvalue weighted by Crippen LogP contribution is -2.55. The van der Waals surface area contributed by atoms with Crippen LogP contribution < -0.4 is 4.74 Å². The second-order valence-corrected chi connectivity index (χ2v) is 7.76. The van der Waals surface area contributed by atoms with Gasteiger partial charge in [-0.1, -0.05) is 24.9 Å². The van der Waals surface area contributed by atoms with Gasteiger partial charge in [0.15, 0.2) is 0 Å². The fraction of sp³-hybridized carbons (Fsp3) is 0.550. The molecular formula is C20H25ClN2O2. The topological polar surface area (TPSA) is 45.6 Å². The highest BCUT2D eigenvalue weighted by molar-refractivity contribution is 6.30. The number of aliphatic hydroxyl groups is 1. The Labute approximate surface area is 153 Å². The largest absolute Gasteiger partial charge is 0.497 e. The molecule has 2 unspecified atom stereocenters. The highest BCUT2D eigenvalue weighted by Crippen LogP contribution is 2.43. The summed E-state index contributed by atoms with van der Waals surface area (Å²) in [6.45, 7) is 4.46. The fourth-order valence-corrected chi connectivity index (χ4v) is 4.96. The molecule has 2 aromatic rings. The van der Waals surface area contributed by atoms with Crippen molar-refractivity contribution in [3.05, 3.63) is 35.0 Å². The summed E-state index contributed by atoms with van der Waals surface area (Å²) < 4.78 is 5.36. The normalized spacial score (nSPS) is 29.8. The van der Waals surface area contributed by atoms with Crippen molar-refractivity contribution in [1.29, 1.82) is 0 Å². The summed E-state index contributed by atoms with van der Waals surface area (Å²) in [4.78, 5) is 6.87. The lowest BCUT2D eigenvalue weighted by molar-refractivity contribution is -0.0562. The van der Waals surface area contributed by atoms with Gasteiger partial charge < -0.3 is 9.84 Å². The number of hydrogen-bond donors (Lipinski definition) is 1. The molecule has 1 N–H and O–H groups in total. The summed E-state index contributed by atoms with van der Waals surface area (Å²) in [6, 6.07) is 7.70. The summed E-state index contributed by atoms with van der Waals surface area (Å²) in [5, 5.41) is 12.6. The summed E-state index contributed by atoms with van der Waals surface area (Å²) in [7, 11) is 1.65. The van der Waals surface area contributed by atoms with Crippen LogP contribution in [-0.2, 0) is 0 Å². The zero-order valence-electron chi connectivity index (χ0n) is 14.8. The van der Waals surface area contributed by atoms with E-state index in [-0.39, 0.29) is 6.04 Å². The molecule has 1 aromatic heterocycles. The number of aromatic nitrogens is 1. The summed E-state index contributed by atoms with van der Waals surface area (Å²) in [5.74, 6) is 2.27. The number of halogens is 1. The predicted molar refractivity (Wildman–Crippen MR) is 100 cm³/mol. The first-order chi connectivity index (χ1) is 12.1. The van der Waals surface area contributed by atoms with Crippen LogP contribution in [0.2, 0.25) is 5.15 Å². The number of fused-ring (bicyclic) bond motifs is 4. The highest BCUT2D eigenvalue weighted by Gasteiger charge is 2.42. The molecule has 3 aliphatic heterocycles. The van der Waals surface area contributed by atoms with Gasteiger partial charge in [-0.2, -0.15) is 0 Å². The van der Waals surface area contributed by atoms with Gasteiger partial charge in [-0.25, -0.2) is 4.98 Å². The number of rotatable bonds is 4. The molecule has 5 atom stereocenters. The average Bonchev–Trinajstić information content (AvgIpc) is 2.66. The molecule has 2 bridgehead atoms. The molecule has 0 amide bonds. The van der Waals surface area contributed by atoms with Gasteiger partial charge in [0.25, 0.3) is 0 Å². The zero-order chi connectivity index (χ0) is 17.6. The smallest absolute Gasteiger partial charge is 0.130 e. The summed E-state index contributed by atoms with van der Waals surface area (Å²) in [6.07, 6.45) is 2.99.